The van der Waals surface area contributed by atoms with Gasteiger partial charge in [0.05, 0.1) is 17.4 Å². The van der Waals surface area contributed by atoms with Gasteiger partial charge in [0.25, 0.3) is 0 Å². The molecule has 0 bridgehead atoms. The van der Waals surface area contributed by atoms with E-state index in [-0.39, 0.29) is 0 Å². The standard InChI is InChI=1S/C12H15ClN4/c1-8-4-5-9(13)6-10(8)17-7-11(15-16-17)12(2,3)14/h4-7H,14H2,1-3H3. The highest BCUT2D eigenvalue weighted by molar-refractivity contribution is 6.30. The van der Waals surface area contributed by atoms with E-state index in [9.17, 15) is 0 Å². The van der Waals surface area contributed by atoms with Crippen molar-refractivity contribution in [2.75, 3.05) is 0 Å². The maximum atomic E-state index is 5.98. The molecule has 0 spiro atoms. The van der Waals surface area contributed by atoms with E-state index in [1.54, 1.807) is 4.68 Å². The minimum atomic E-state index is -0.495. The number of aromatic nitrogens is 3. The van der Waals surface area contributed by atoms with Gasteiger partial charge in [0.1, 0.15) is 5.69 Å². The normalized spacial score (nSPS) is 11.8. The maximum Gasteiger partial charge on any atom is 0.102 e. The first-order valence-corrected chi connectivity index (χ1v) is 5.74. The molecular weight excluding hydrogens is 236 g/mol. The van der Waals surface area contributed by atoms with Crippen molar-refractivity contribution in [1.82, 2.24) is 15.0 Å². The van der Waals surface area contributed by atoms with Crippen LogP contribution in [-0.2, 0) is 5.54 Å². The molecule has 0 atom stereocenters. The Morgan fingerprint density at radius 1 is 1.35 bits per heavy atom. The molecule has 5 heteroatoms. The molecule has 4 nitrogen and oxygen atoms in total. The second kappa shape index (κ2) is 4.13. The first kappa shape index (κ1) is 12.1. The molecule has 17 heavy (non-hydrogen) atoms. The summed E-state index contributed by atoms with van der Waals surface area (Å²) in [7, 11) is 0. The highest BCUT2D eigenvalue weighted by Gasteiger charge is 2.19. The summed E-state index contributed by atoms with van der Waals surface area (Å²) in [5.74, 6) is 0. The molecule has 1 heterocycles. The summed E-state index contributed by atoms with van der Waals surface area (Å²) in [5, 5.41) is 8.84. The smallest absolute Gasteiger partial charge is 0.102 e. The molecule has 1 aromatic heterocycles. The van der Waals surface area contributed by atoms with Gasteiger partial charge < -0.3 is 5.73 Å². The van der Waals surface area contributed by atoms with Crippen molar-refractivity contribution in [3.63, 3.8) is 0 Å². The van der Waals surface area contributed by atoms with Gasteiger partial charge in [0.2, 0.25) is 0 Å². The fourth-order valence-electron chi connectivity index (χ4n) is 1.51. The Bertz CT molecular complexity index is 540. The number of rotatable bonds is 2. The molecule has 0 amide bonds. The van der Waals surface area contributed by atoms with Gasteiger partial charge in [-0.05, 0) is 38.5 Å². The molecule has 0 fully saturated rings. The van der Waals surface area contributed by atoms with Crippen molar-refractivity contribution in [2.24, 2.45) is 5.73 Å². The van der Waals surface area contributed by atoms with Gasteiger partial charge >= 0.3 is 0 Å². The molecule has 2 rings (SSSR count). The summed E-state index contributed by atoms with van der Waals surface area (Å²) < 4.78 is 1.70. The third-order valence-electron chi connectivity index (χ3n) is 2.57. The molecule has 0 saturated carbocycles. The zero-order valence-corrected chi connectivity index (χ0v) is 10.9. The summed E-state index contributed by atoms with van der Waals surface area (Å²) in [6, 6.07) is 5.66. The first-order chi connectivity index (χ1) is 7.88. The highest BCUT2D eigenvalue weighted by atomic mass is 35.5. The van der Waals surface area contributed by atoms with Crippen LogP contribution in [0.1, 0.15) is 25.1 Å². The van der Waals surface area contributed by atoms with E-state index in [4.69, 9.17) is 17.3 Å². The van der Waals surface area contributed by atoms with Crippen LogP contribution in [0.15, 0.2) is 24.4 Å². The summed E-state index contributed by atoms with van der Waals surface area (Å²) in [4.78, 5) is 0. The zero-order valence-electron chi connectivity index (χ0n) is 10.1. The number of nitrogens with two attached hydrogens (primary N) is 1. The van der Waals surface area contributed by atoms with E-state index in [0.717, 1.165) is 16.9 Å². The topological polar surface area (TPSA) is 56.7 Å². The average molecular weight is 251 g/mol. The molecule has 2 N–H and O–H groups in total. The minimum Gasteiger partial charge on any atom is -0.320 e. The van der Waals surface area contributed by atoms with Crippen LogP contribution < -0.4 is 5.73 Å². The fraction of sp³-hybridized carbons (Fsp3) is 0.333. The van der Waals surface area contributed by atoms with Gasteiger partial charge in [0.15, 0.2) is 0 Å². The van der Waals surface area contributed by atoms with Crippen molar-refractivity contribution in [3.8, 4) is 5.69 Å². The van der Waals surface area contributed by atoms with Crippen LogP contribution >= 0.6 is 11.6 Å². The largest absolute Gasteiger partial charge is 0.320 e. The molecule has 0 unspecified atom stereocenters. The van der Waals surface area contributed by atoms with Gasteiger partial charge in [0, 0.05) is 5.02 Å². The zero-order chi connectivity index (χ0) is 12.6. The van der Waals surface area contributed by atoms with Crippen LogP contribution in [0.25, 0.3) is 5.69 Å². The van der Waals surface area contributed by atoms with Crippen molar-refractivity contribution >= 4 is 11.6 Å². The minimum absolute atomic E-state index is 0.495. The van der Waals surface area contributed by atoms with E-state index in [0.29, 0.717) is 5.02 Å². The third-order valence-corrected chi connectivity index (χ3v) is 2.81. The predicted molar refractivity (Wildman–Crippen MR) is 68.3 cm³/mol. The number of nitrogens with zero attached hydrogens (tertiary/aromatic N) is 3. The SMILES string of the molecule is Cc1ccc(Cl)cc1-n1cc(C(C)(C)N)nn1. The van der Waals surface area contributed by atoms with Crippen LogP contribution in [-0.4, -0.2) is 15.0 Å². The van der Waals surface area contributed by atoms with Gasteiger partial charge in [-0.25, -0.2) is 4.68 Å². The van der Waals surface area contributed by atoms with E-state index in [1.807, 2.05) is 45.2 Å². The maximum absolute atomic E-state index is 5.98. The molecule has 0 aliphatic carbocycles. The molecule has 0 radical (unpaired) electrons. The van der Waals surface area contributed by atoms with Crippen molar-refractivity contribution in [1.29, 1.82) is 0 Å². The lowest BCUT2D eigenvalue weighted by Crippen LogP contribution is -2.29. The van der Waals surface area contributed by atoms with E-state index in [1.165, 1.54) is 0 Å². The van der Waals surface area contributed by atoms with Crippen LogP contribution in [0.5, 0.6) is 0 Å². The van der Waals surface area contributed by atoms with Gasteiger partial charge in [-0.15, -0.1) is 5.10 Å². The fourth-order valence-corrected chi connectivity index (χ4v) is 1.67. The summed E-state index contributed by atoms with van der Waals surface area (Å²) in [6.07, 6.45) is 1.83. The molecule has 90 valence electrons. The highest BCUT2D eigenvalue weighted by Crippen LogP contribution is 2.20. The lowest BCUT2D eigenvalue weighted by Gasteiger charge is -2.13. The molecule has 2 aromatic rings. The number of benzene rings is 1. The summed E-state index contributed by atoms with van der Waals surface area (Å²) in [6.45, 7) is 5.79. The Kier molecular flexibility index (Phi) is 2.93. The monoisotopic (exact) mass is 250 g/mol. The van der Waals surface area contributed by atoms with Gasteiger partial charge in [-0.2, -0.15) is 0 Å². The third kappa shape index (κ3) is 2.48. The van der Waals surface area contributed by atoms with Gasteiger partial charge in [-0.3, -0.25) is 0 Å². The van der Waals surface area contributed by atoms with Crippen LogP contribution in [0, 0.1) is 6.92 Å². The summed E-state index contributed by atoms with van der Waals surface area (Å²) >= 11 is 5.98. The lowest BCUT2D eigenvalue weighted by atomic mass is 10.0. The second-order valence-corrected chi connectivity index (χ2v) is 5.14. The number of hydrogen-bond acceptors (Lipinski definition) is 3. The Labute approximate surface area is 105 Å². The van der Waals surface area contributed by atoms with Crippen LogP contribution in [0.3, 0.4) is 0 Å². The van der Waals surface area contributed by atoms with Crippen LogP contribution in [0.4, 0.5) is 0 Å². The molecule has 0 aliphatic rings. The van der Waals surface area contributed by atoms with E-state index >= 15 is 0 Å². The second-order valence-electron chi connectivity index (χ2n) is 4.70. The Morgan fingerprint density at radius 3 is 2.65 bits per heavy atom. The molecule has 1 aromatic carbocycles. The number of halogens is 1. The number of aryl methyl sites for hydroxylation is 1. The van der Waals surface area contributed by atoms with E-state index in [2.05, 4.69) is 10.3 Å². The molecular formula is C12H15ClN4. The van der Waals surface area contributed by atoms with Crippen LogP contribution in [0.2, 0.25) is 5.02 Å². The Hall–Kier alpha value is -1.39. The molecule has 0 saturated heterocycles. The van der Waals surface area contributed by atoms with Crippen molar-refractivity contribution in [2.45, 2.75) is 26.3 Å². The lowest BCUT2D eigenvalue weighted by molar-refractivity contribution is 0.533. The Morgan fingerprint density at radius 2 is 2.06 bits per heavy atom. The predicted octanol–water partition coefficient (Wildman–Crippen LogP) is 2.42. The van der Waals surface area contributed by atoms with Crippen molar-refractivity contribution < 1.29 is 0 Å². The average Bonchev–Trinajstić information content (AvgIpc) is 2.70. The molecule has 0 aliphatic heterocycles. The van der Waals surface area contributed by atoms with Crippen molar-refractivity contribution in [3.05, 3.63) is 40.7 Å². The number of hydrogen-bond donors (Lipinski definition) is 1. The van der Waals surface area contributed by atoms with E-state index < -0.39 is 5.54 Å². The van der Waals surface area contributed by atoms with Gasteiger partial charge in [-0.1, -0.05) is 22.9 Å². The summed E-state index contributed by atoms with van der Waals surface area (Å²) in [5.41, 5.74) is 8.23. The first-order valence-electron chi connectivity index (χ1n) is 5.36. The Balaban J connectivity index is 2.47. The quantitative estimate of drug-likeness (QED) is 0.891.